The molecule has 142 valence electrons. The van der Waals surface area contributed by atoms with Crippen LogP contribution in [0.5, 0.6) is 34.5 Å². The molecule has 3 aromatic rings. The Balaban J connectivity index is 1.77. The highest BCUT2D eigenvalue weighted by molar-refractivity contribution is 5.98. The van der Waals surface area contributed by atoms with E-state index in [0.29, 0.717) is 57.2 Å². The topological polar surface area (TPSA) is 88.5 Å². The molecule has 1 unspecified atom stereocenters. The van der Waals surface area contributed by atoms with Crippen molar-refractivity contribution in [2.45, 2.75) is 12.0 Å². The Bertz CT molecular complexity index is 1270. The van der Waals surface area contributed by atoms with E-state index in [4.69, 9.17) is 14.2 Å². The van der Waals surface area contributed by atoms with Gasteiger partial charge < -0.3 is 24.4 Å². The second kappa shape index (κ2) is 5.11. The van der Waals surface area contributed by atoms with Gasteiger partial charge in [-0.2, -0.15) is 0 Å². The fourth-order valence-electron chi connectivity index (χ4n) is 4.40. The second-order valence-corrected chi connectivity index (χ2v) is 7.18. The van der Waals surface area contributed by atoms with E-state index in [0.717, 1.165) is 0 Å². The Morgan fingerprint density at radius 1 is 1.00 bits per heavy atom. The smallest absolute Gasteiger partial charge is 0.340 e. The SMILES string of the molecule is C=CCc1c(O)c2c(c3c1Oc1cc(O)ccc1C31OC(=O)c3ccccc31)O2. The number of aromatic hydroxyl groups is 2. The summed E-state index contributed by atoms with van der Waals surface area (Å²) in [5.41, 5.74) is 1.42. The Morgan fingerprint density at radius 2 is 1.83 bits per heavy atom. The van der Waals surface area contributed by atoms with Gasteiger partial charge in [-0.3, -0.25) is 0 Å². The molecule has 1 spiro atoms. The maximum atomic E-state index is 12.8. The number of benzene rings is 3. The Morgan fingerprint density at radius 3 is 2.66 bits per heavy atom. The van der Waals surface area contributed by atoms with Crippen molar-refractivity contribution in [3.63, 3.8) is 0 Å². The van der Waals surface area contributed by atoms with Crippen LogP contribution >= 0.6 is 0 Å². The van der Waals surface area contributed by atoms with Gasteiger partial charge in [-0.05, 0) is 24.6 Å². The molecule has 0 saturated carbocycles. The van der Waals surface area contributed by atoms with Crippen LogP contribution < -0.4 is 9.47 Å². The van der Waals surface area contributed by atoms with E-state index in [1.165, 1.54) is 12.1 Å². The summed E-state index contributed by atoms with van der Waals surface area (Å²) in [6, 6.07) is 11.8. The summed E-state index contributed by atoms with van der Waals surface area (Å²) in [4.78, 5) is 12.8. The summed E-state index contributed by atoms with van der Waals surface area (Å²) in [5, 5.41) is 20.6. The van der Waals surface area contributed by atoms with Gasteiger partial charge in [-0.25, -0.2) is 4.79 Å². The van der Waals surface area contributed by atoms with E-state index in [2.05, 4.69) is 6.58 Å². The number of carbonyl (C=O) groups is 1. The average Bonchev–Trinajstić information content (AvgIpc) is 3.45. The maximum Gasteiger partial charge on any atom is 0.340 e. The number of hydrogen-bond acceptors (Lipinski definition) is 6. The molecule has 6 nitrogen and oxygen atoms in total. The normalized spacial score (nSPS) is 19.2. The van der Waals surface area contributed by atoms with Crippen LogP contribution in [0.3, 0.4) is 0 Å². The molecule has 3 aliphatic rings. The van der Waals surface area contributed by atoms with E-state index >= 15 is 0 Å². The van der Waals surface area contributed by atoms with Gasteiger partial charge in [0.25, 0.3) is 0 Å². The largest absolute Gasteiger partial charge is 0.508 e. The van der Waals surface area contributed by atoms with Crippen molar-refractivity contribution in [2.75, 3.05) is 0 Å². The molecule has 0 fully saturated rings. The summed E-state index contributed by atoms with van der Waals surface area (Å²) in [6.07, 6.45) is 1.97. The van der Waals surface area contributed by atoms with Crippen LogP contribution in [0.4, 0.5) is 0 Å². The lowest BCUT2D eigenvalue weighted by molar-refractivity contribution is 0.0223. The molecular weight excluding hydrogens is 372 g/mol. The second-order valence-electron chi connectivity index (χ2n) is 7.18. The van der Waals surface area contributed by atoms with Gasteiger partial charge in [0.05, 0.1) is 11.1 Å². The van der Waals surface area contributed by atoms with Gasteiger partial charge in [0.1, 0.15) is 17.2 Å². The molecule has 3 heterocycles. The zero-order valence-electron chi connectivity index (χ0n) is 15.1. The molecular formula is C23H14O6. The first-order chi connectivity index (χ1) is 14.1. The quantitative estimate of drug-likeness (QED) is 0.300. The van der Waals surface area contributed by atoms with Crippen molar-refractivity contribution in [1.82, 2.24) is 0 Å². The molecule has 0 amide bonds. The third kappa shape index (κ3) is 1.83. The number of esters is 1. The Hall–Kier alpha value is -3.93. The van der Waals surface area contributed by atoms with Gasteiger partial charge >= 0.3 is 5.97 Å². The number of fused-ring (bicyclic) bond motifs is 8. The van der Waals surface area contributed by atoms with Crippen LogP contribution in [0.15, 0.2) is 55.1 Å². The fraction of sp³-hybridized carbons (Fsp3) is 0.0870. The van der Waals surface area contributed by atoms with Crippen LogP contribution in [0.25, 0.3) is 0 Å². The van der Waals surface area contributed by atoms with Gasteiger partial charge in [0, 0.05) is 22.8 Å². The van der Waals surface area contributed by atoms with Gasteiger partial charge in [-0.1, -0.05) is 24.3 Å². The fourth-order valence-corrected chi connectivity index (χ4v) is 4.40. The van der Waals surface area contributed by atoms with Crippen molar-refractivity contribution in [1.29, 1.82) is 0 Å². The number of hydrogen-bond donors (Lipinski definition) is 2. The van der Waals surface area contributed by atoms with Crippen molar-refractivity contribution < 1.29 is 29.2 Å². The van der Waals surface area contributed by atoms with Crippen molar-refractivity contribution in [3.8, 4) is 34.5 Å². The van der Waals surface area contributed by atoms with Gasteiger partial charge in [0.15, 0.2) is 17.1 Å². The first-order valence-electron chi connectivity index (χ1n) is 9.11. The third-order valence-corrected chi connectivity index (χ3v) is 5.63. The number of carbonyl (C=O) groups excluding carboxylic acids is 1. The lowest BCUT2D eigenvalue weighted by atomic mass is 9.76. The third-order valence-electron chi connectivity index (χ3n) is 5.63. The van der Waals surface area contributed by atoms with E-state index in [-0.39, 0.29) is 11.5 Å². The maximum absolute atomic E-state index is 12.8. The molecule has 3 aromatic carbocycles. The molecule has 0 saturated heterocycles. The highest BCUT2D eigenvalue weighted by atomic mass is 16.6. The van der Waals surface area contributed by atoms with E-state index < -0.39 is 11.6 Å². The number of allylic oxidation sites excluding steroid dienone is 1. The summed E-state index contributed by atoms with van der Waals surface area (Å²) in [6.45, 7) is 3.76. The van der Waals surface area contributed by atoms with Gasteiger partial charge in [-0.15, -0.1) is 6.58 Å². The Kier molecular flexibility index (Phi) is 2.83. The monoisotopic (exact) mass is 386 g/mol. The molecule has 2 N–H and O–H groups in total. The zero-order chi connectivity index (χ0) is 19.9. The van der Waals surface area contributed by atoms with Crippen LogP contribution in [-0.4, -0.2) is 16.2 Å². The standard InChI is InChI=1S/C23H14O6/c1-2-5-13-18(25)21-20(28-21)17-19(13)27-16-10-11(24)8-9-15(16)23(17)14-7-4-3-6-12(14)22(26)29-23/h2-4,6-10,24-25H,1,5H2. The molecule has 29 heavy (non-hydrogen) atoms. The zero-order valence-corrected chi connectivity index (χ0v) is 15.1. The Labute approximate surface area is 165 Å². The van der Waals surface area contributed by atoms with Crippen LogP contribution in [0.1, 0.15) is 32.6 Å². The molecule has 3 aliphatic heterocycles. The highest BCUT2D eigenvalue weighted by Crippen LogP contribution is 2.69. The van der Waals surface area contributed by atoms with E-state index in [1.807, 2.05) is 12.1 Å². The first kappa shape index (κ1) is 16.1. The minimum atomic E-state index is -1.30. The predicted molar refractivity (Wildman–Crippen MR) is 102 cm³/mol. The molecule has 0 bridgehead atoms. The van der Waals surface area contributed by atoms with Crippen LogP contribution in [0, 0.1) is 0 Å². The lowest BCUT2D eigenvalue weighted by Gasteiger charge is -2.36. The van der Waals surface area contributed by atoms with E-state index in [9.17, 15) is 15.0 Å². The number of phenols is 2. The summed E-state index contributed by atoms with van der Waals surface area (Å²) >= 11 is 0. The molecule has 1 atom stereocenters. The highest BCUT2D eigenvalue weighted by Gasteiger charge is 2.58. The number of phenolic OH excluding ortho intramolecular Hbond substituents is 2. The van der Waals surface area contributed by atoms with Crippen molar-refractivity contribution in [2.24, 2.45) is 0 Å². The molecule has 6 heteroatoms. The lowest BCUT2D eigenvalue weighted by Crippen LogP contribution is -2.33. The summed E-state index contributed by atoms with van der Waals surface area (Å²) < 4.78 is 17.8. The van der Waals surface area contributed by atoms with E-state index in [1.54, 1.807) is 24.3 Å². The van der Waals surface area contributed by atoms with Crippen molar-refractivity contribution in [3.05, 3.63) is 82.9 Å². The van der Waals surface area contributed by atoms with Gasteiger partial charge in [0.2, 0.25) is 5.75 Å². The number of ether oxygens (including phenoxy) is 3. The molecule has 6 rings (SSSR count). The summed E-state index contributed by atoms with van der Waals surface area (Å²) in [7, 11) is 0. The van der Waals surface area contributed by atoms with Crippen LogP contribution in [-0.2, 0) is 16.8 Å². The van der Waals surface area contributed by atoms with Crippen molar-refractivity contribution >= 4 is 5.97 Å². The minimum Gasteiger partial charge on any atom is -0.508 e. The summed E-state index contributed by atoms with van der Waals surface area (Å²) in [5.74, 6) is 1.01. The molecule has 0 aromatic heterocycles. The molecule has 0 radical (unpaired) electrons. The first-order valence-corrected chi connectivity index (χ1v) is 9.11. The average molecular weight is 386 g/mol. The number of rotatable bonds is 2. The predicted octanol–water partition coefficient (Wildman–Crippen LogP) is 4.50. The van der Waals surface area contributed by atoms with Crippen LogP contribution in [0.2, 0.25) is 0 Å². The molecule has 0 aliphatic carbocycles. The minimum absolute atomic E-state index is 0.0115.